The highest BCUT2D eigenvalue weighted by atomic mass is 35.5. The van der Waals surface area contributed by atoms with Crippen LogP contribution in [0.15, 0.2) is 133 Å². The van der Waals surface area contributed by atoms with Crippen LogP contribution in [0.2, 0.25) is 10.0 Å². The highest BCUT2D eigenvalue weighted by molar-refractivity contribution is 6.32. The molecule has 29 heteroatoms. The monoisotopic (exact) mass is 1450 g/mol. The van der Waals surface area contributed by atoms with Crippen LogP contribution in [0.5, 0.6) is 69.0 Å². The van der Waals surface area contributed by atoms with E-state index in [1.54, 1.807) is 0 Å². The van der Waals surface area contributed by atoms with E-state index in [4.69, 9.17) is 43.1 Å². The summed E-state index contributed by atoms with van der Waals surface area (Å²) < 4.78 is 18.7. The molecule has 1 fully saturated rings. The molecule has 104 heavy (non-hydrogen) atoms. The standard InChI is InChI=1S/C75H72Cl2N10O17/c1-3-4-5-35-6-8-36(9-7-35)33-86-18-20-87(21-19-86)34-47-53(91)32-46-59(67(47)93)45-26-39(12-14-51(45)89)61-72(98)85-65(75(101)84-64(46)71(97)79-2)66(92)40-13-17-55(49(77)27-40)104-58-30-42-29-57(68(58)94)103-54-16-10-37(22-48(54)76)23-50-69(95)81-62(73(99)83-63(42)74(100)82-61)41-24-43(88)31-44(25-41)102-56-28-38(11-15-52(56)90)60(78)70(96)80-50/h6-17,22,24-32,50,60-66,88-94H,3-5,18-21,23,33-34,78H2,1-2H3,(H,79,97)(H,80,96)(H,81,95)(H,82,100)(H,83,99)(H,84,101)(H,85,98)/t50-,60+,61-,62+,63-,64+,65+,66-/m1/s1. The van der Waals surface area contributed by atoms with Crippen LogP contribution in [0.4, 0.5) is 0 Å². The molecule has 7 amide bonds. The molecule has 0 aromatic heterocycles. The lowest BCUT2D eigenvalue weighted by Crippen LogP contribution is -2.55. The molecular formula is C75H72Cl2N10O17. The number of aromatic hydroxyl groups is 6. The number of aliphatic hydroxyl groups is 1. The molecule has 17 bridgehead atoms. The average Bonchev–Trinajstić information content (AvgIpc) is 0.762. The molecule has 0 spiro atoms. The van der Waals surface area contributed by atoms with E-state index in [0.717, 1.165) is 61.2 Å². The number of nitrogens with one attached hydrogen (secondary N) is 7. The van der Waals surface area contributed by atoms with E-state index in [9.17, 15) is 45.3 Å². The Hall–Kier alpha value is -11.3. The number of aliphatic hydroxyl groups excluding tert-OH is 1. The molecule has 0 radical (unpaired) electrons. The summed E-state index contributed by atoms with van der Waals surface area (Å²) in [4.78, 5) is 111. The van der Waals surface area contributed by atoms with Crippen molar-refractivity contribution in [3.8, 4) is 80.1 Å². The van der Waals surface area contributed by atoms with Gasteiger partial charge in [0.05, 0.1) is 15.6 Å². The molecule has 1 saturated heterocycles. The van der Waals surface area contributed by atoms with Crippen LogP contribution < -0.4 is 57.2 Å². The number of phenolic OH excluding ortho intramolecular Hbond substituents is 6. The summed E-state index contributed by atoms with van der Waals surface area (Å²) in [6.07, 6.45) is 0.747. The van der Waals surface area contributed by atoms with Gasteiger partial charge in [-0.2, -0.15) is 0 Å². The van der Waals surface area contributed by atoms with Gasteiger partial charge >= 0.3 is 0 Å². The van der Waals surface area contributed by atoms with Gasteiger partial charge in [0.15, 0.2) is 23.0 Å². The molecule has 7 aliphatic heterocycles. The fourth-order valence-corrected chi connectivity index (χ4v) is 13.9. The van der Waals surface area contributed by atoms with Crippen LogP contribution in [0.1, 0.15) is 112 Å². The zero-order chi connectivity index (χ0) is 73.5. The number of phenols is 6. The van der Waals surface area contributed by atoms with Crippen LogP contribution >= 0.6 is 23.2 Å². The van der Waals surface area contributed by atoms with Crippen molar-refractivity contribution >= 4 is 64.6 Å². The normalized spacial score (nSPS) is 21.4. The number of fused-ring (bicyclic) bond motifs is 14. The van der Waals surface area contributed by atoms with E-state index in [1.165, 1.54) is 85.4 Å². The second kappa shape index (κ2) is 29.6. The Morgan fingerprint density at radius 3 is 1.79 bits per heavy atom. The maximum Gasteiger partial charge on any atom is 0.248 e. The van der Waals surface area contributed by atoms with Gasteiger partial charge in [0.1, 0.15) is 88.6 Å². The Labute approximate surface area is 604 Å². The van der Waals surface area contributed by atoms with Crippen molar-refractivity contribution in [1.82, 2.24) is 47.0 Å². The van der Waals surface area contributed by atoms with E-state index >= 15 is 24.0 Å². The number of rotatable bonds is 8. The van der Waals surface area contributed by atoms with E-state index in [1.807, 2.05) is 4.90 Å². The number of piperazine rings is 1. The number of likely N-dealkylation sites (N-methyl/N-ethyl adjacent to an activating group) is 1. The summed E-state index contributed by atoms with van der Waals surface area (Å²) in [5.41, 5.74) is 7.50. The van der Waals surface area contributed by atoms with E-state index in [2.05, 4.69) is 73.3 Å². The fraction of sp³-hybridized carbons (Fsp3) is 0.267. The van der Waals surface area contributed by atoms with Crippen LogP contribution in [-0.2, 0) is 59.5 Å². The molecule has 538 valence electrons. The van der Waals surface area contributed by atoms with Gasteiger partial charge in [-0.25, -0.2) is 0 Å². The van der Waals surface area contributed by atoms with Crippen molar-refractivity contribution in [3.05, 3.63) is 199 Å². The Morgan fingerprint density at radius 1 is 0.538 bits per heavy atom. The highest BCUT2D eigenvalue weighted by Crippen LogP contribution is 2.50. The van der Waals surface area contributed by atoms with Crippen molar-refractivity contribution in [2.45, 2.75) is 94.1 Å². The van der Waals surface area contributed by atoms with Crippen molar-refractivity contribution in [3.63, 3.8) is 0 Å². The number of carbonyl (C=O) groups excluding carboxylic acids is 7. The van der Waals surface area contributed by atoms with Crippen LogP contribution in [0.25, 0.3) is 11.1 Å². The van der Waals surface area contributed by atoms with Gasteiger partial charge < -0.3 is 92.9 Å². The topological polar surface area (TPSA) is 405 Å². The zero-order valence-electron chi connectivity index (χ0n) is 55.8. The first-order valence-corrected chi connectivity index (χ1v) is 34.2. The SMILES string of the molecule is CCCCc1ccc(CN2CCN(Cc3c(O)cc4c(c3O)-c3cc(ccc3O)[C@H]3NC(=O)[C@@H]5NC(=O)[C@H]6NC(=O)[C@@H](Cc7ccc(c(Cl)c7)Oc7cc5cc(c7O)Oc5ccc(cc5Cl)[C@@H](O)[C@H](NC3=O)C(=O)N[C@@H]4C(=O)NC)NC(=O)[C@@H](N)c3ccc(O)c(c3)Oc3cc(O)cc6c3)CC2)cc1. The maximum atomic E-state index is 16.1. The minimum absolute atomic E-state index is 0.0521. The summed E-state index contributed by atoms with van der Waals surface area (Å²) >= 11 is 13.9. The molecule has 15 rings (SSSR count). The Kier molecular flexibility index (Phi) is 20.2. The summed E-state index contributed by atoms with van der Waals surface area (Å²) in [7, 11) is 1.25. The predicted molar refractivity (Wildman–Crippen MR) is 377 cm³/mol. The number of carbonyl (C=O) groups is 7. The van der Waals surface area contributed by atoms with Crippen molar-refractivity contribution in [2.75, 3.05) is 33.2 Å². The van der Waals surface area contributed by atoms with Crippen LogP contribution in [0.3, 0.4) is 0 Å². The minimum Gasteiger partial charge on any atom is -0.508 e. The first-order chi connectivity index (χ1) is 49.9. The third-order valence-electron chi connectivity index (χ3n) is 19.1. The molecule has 0 unspecified atom stereocenters. The molecule has 7 heterocycles. The number of nitrogens with two attached hydrogens (primary N) is 1. The maximum absolute atomic E-state index is 16.1. The number of unbranched alkanes of at least 4 members (excludes halogenated alkanes) is 1. The first kappa shape index (κ1) is 71.1. The number of hydrogen-bond donors (Lipinski definition) is 15. The number of nitrogens with zero attached hydrogens (tertiary/aromatic N) is 2. The number of halogens is 2. The third-order valence-corrected chi connectivity index (χ3v) is 19.7. The van der Waals surface area contributed by atoms with Crippen LogP contribution in [0, 0.1) is 0 Å². The molecule has 8 aromatic rings. The molecular weight excluding hydrogens is 1380 g/mol. The molecule has 8 atom stereocenters. The van der Waals surface area contributed by atoms with E-state index in [-0.39, 0.29) is 96.1 Å². The fourth-order valence-electron chi connectivity index (χ4n) is 13.4. The summed E-state index contributed by atoms with van der Waals surface area (Å²) in [5, 5.41) is 102. The molecule has 8 aromatic carbocycles. The lowest BCUT2D eigenvalue weighted by Gasteiger charge is -2.35. The zero-order valence-corrected chi connectivity index (χ0v) is 57.3. The second-order valence-electron chi connectivity index (χ2n) is 26.1. The number of benzene rings is 8. The Balaban J connectivity index is 0.958. The smallest absolute Gasteiger partial charge is 0.248 e. The number of amides is 7. The van der Waals surface area contributed by atoms with Gasteiger partial charge in [-0.15, -0.1) is 0 Å². The number of hydrogen-bond acceptors (Lipinski definition) is 20. The second-order valence-corrected chi connectivity index (χ2v) is 26.9. The Bertz CT molecular complexity index is 4790. The summed E-state index contributed by atoms with van der Waals surface area (Å²) in [6, 6.07) is 17.3. The minimum atomic E-state index is -2.17. The van der Waals surface area contributed by atoms with Gasteiger partial charge in [0, 0.05) is 69.9 Å². The van der Waals surface area contributed by atoms with Gasteiger partial charge in [-0.1, -0.05) is 85.1 Å². The predicted octanol–water partition coefficient (Wildman–Crippen LogP) is 7.31. The molecule has 7 aliphatic rings. The lowest BCUT2D eigenvalue weighted by molar-refractivity contribution is -0.137. The number of aryl methyl sites for hydroxylation is 1. The quantitative estimate of drug-likeness (QED) is 0.0709. The van der Waals surface area contributed by atoms with Gasteiger partial charge in [0.25, 0.3) is 0 Å². The van der Waals surface area contributed by atoms with Crippen molar-refractivity contribution in [2.24, 2.45) is 5.73 Å². The van der Waals surface area contributed by atoms with Gasteiger partial charge in [-0.3, -0.25) is 43.4 Å². The van der Waals surface area contributed by atoms with Crippen LogP contribution in [-0.4, -0.2) is 132 Å². The van der Waals surface area contributed by atoms with Gasteiger partial charge in [-0.05, 0) is 142 Å². The summed E-state index contributed by atoms with van der Waals surface area (Å²) in [6.45, 7) is 4.92. The molecule has 0 aliphatic carbocycles. The van der Waals surface area contributed by atoms with E-state index < -0.39 is 136 Å². The highest BCUT2D eigenvalue weighted by Gasteiger charge is 2.42. The summed E-state index contributed by atoms with van der Waals surface area (Å²) in [5.74, 6) is -13.2. The molecule has 0 saturated carbocycles. The number of ether oxygens (including phenoxy) is 3. The largest absolute Gasteiger partial charge is 0.508 e. The molecule has 16 N–H and O–H groups in total. The average molecular weight is 1460 g/mol. The lowest BCUT2D eigenvalue weighted by atomic mass is 9.87. The third kappa shape index (κ3) is 14.7. The van der Waals surface area contributed by atoms with E-state index in [0.29, 0.717) is 38.3 Å². The van der Waals surface area contributed by atoms with Gasteiger partial charge in [0.2, 0.25) is 47.1 Å². The Morgan fingerprint density at radius 2 is 1.12 bits per heavy atom. The first-order valence-electron chi connectivity index (χ1n) is 33.4. The molecule has 27 nitrogen and oxygen atoms in total. The van der Waals surface area contributed by atoms with Crippen molar-refractivity contribution in [1.29, 1.82) is 0 Å². The van der Waals surface area contributed by atoms with Crippen molar-refractivity contribution < 1.29 is 83.5 Å².